The lowest BCUT2D eigenvalue weighted by atomic mass is 10.1. The third-order valence-corrected chi connectivity index (χ3v) is 3.18. The van der Waals surface area contributed by atoms with Crippen molar-refractivity contribution in [1.82, 2.24) is 9.97 Å². The summed E-state index contributed by atoms with van der Waals surface area (Å²) in [7, 11) is 0. The summed E-state index contributed by atoms with van der Waals surface area (Å²) >= 11 is 0. The lowest BCUT2D eigenvalue weighted by Crippen LogP contribution is -2.13. The molecule has 2 rings (SSSR count). The van der Waals surface area contributed by atoms with Crippen molar-refractivity contribution in [2.45, 2.75) is 26.2 Å². The van der Waals surface area contributed by atoms with Crippen LogP contribution in [0.5, 0.6) is 0 Å². The molecular formula is C15H14F6N4. The molecule has 25 heavy (non-hydrogen) atoms. The van der Waals surface area contributed by atoms with Gasteiger partial charge in [0, 0.05) is 18.3 Å². The van der Waals surface area contributed by atoms with Crippen LogP contribution < -0.4 is 10.6 Å². The first kappa shape index (κ1) is 18.8. The fraction of sp³-hybridized carbons (Fsp3) is 0.333. The molecule has 0 saturated carbocycles. The van der Waals surface area contributed by atoms with Crippen molar-refractivity contribution in [1.29, 1.82) is 0 Å². The first-order valence-electron chi connectivity index (χ1n) is 7.15. The van der Waals surface area contributed by atoms with Crippen LogP contribution in [0.4, 0.5) is 43.8 Å². The number of aryl methyl sites for hydroxylation is 1. The van der Waals surface area contributed by atoms with Crippen molar-refractivity contribution in [2.24, 2.45) is 0 Å². The van der Waals surface area contributed by atoms with Gasteiger partial charge in [-0.05, 0) is 31.5 Å². The van der Waals surface area contributed by atoms with Crippen LogP contribution in [0.3, 0.4) is 0 Å². The molecule has 0 unspecified atom stereocenters. The summed E-state index contributed by atoms with van der Waals surface area (Å²) in [5.41, 5.74) is -1.70. The smallest absolute Gasteiger partial charge is 0.354 e. The van der Waals surface area contributed by atoms with Crippen LogP contribution in [0.2, 0.25) is 0 Å². The molecule has 0 aliphatic carbocycles. The summed E-state index contributed by atoms with van der Waals surface area (Å²) in [5, 5.41) is 5.06. The average molecular weight is 364 g/mol. The van der Waals surface area contributed by atoms with E-state index in [9.17, 15) is 26.3 Å². The molecule has 2 N–H and O–H groups in total. The molecule has 0 bridgehead atoms. The van der Waals surface area contributed by atoms with Gasteiger partial charge < -0.3 is 10.6 Å². The largest absolute Gasteiger partial charge is 0.433 e. The van der Waals surface area contributed by atoms with E-state index in [-0.39, 0.29) is 24.0 Å². The SMILES string of the molecule is CCNc1nc(Nc2cc(C(F)(F)F)ccc2C)cc(C(F)(F)F)n1. The molecule has 10 heteroatoms. The van der Waals surface area contributed by atoms with E-state index in [1.165, 1.54) is 13.0 Å². The minimum atomic E-state index is -4.72. The Labute approximate surface area is 139 Å². The van der Waals surface area contributed by atoms with Crippen molar-refractivity contribution in [2.75, 3.05) is 17.2 Å². The first-order chi connectivity index (χ1) is 11.5. The molecule has 1 aromatic carbocycles. The zero-order valence-electron chi connectivity index (χ0n) is 13.2. The number of hydrogen-bond acceptors (Lipinski definition) is 4. The number of rotatable bonds is 4. The zero-order valence-corrected chi connectivity index (χ0v) is 13.2. The number of halogens is 6. The highest BCUT2D eigenvalue weighted by molar-refractivity contribution is 5.62. The van der Waals surface area contributed by atoms with Crippen LogP contribution in [0, 0.1) is 6.92 Å². The summed E-state index contributed by atoms with van der Waals surface area (Å²) < 4.78 is 77.2. The Morgan fingerprint density at radius 3 is 2.20 bits per heavy atom. The summed E-state index contributed by atoms with van der Waals surface area (Å²) in [6, 6.07) is 3.58. The van der Waals surface area contributed by atoms with E-state index in [1.54, 1.807) is 6.92 Å². The van der Waals surface area contributed by atoms with E-state index in [4.69, 9.17) is 0 Å². The number of nitrogens with one attached hydrogen (secondary N) is 2. The van der Waals surface area contributed by atoms with Gasteiger partial charge in [0.1, 0.15) is 5.82 Å². The quantitative estimate of drug-likeness (QED) is 0.750. The zero-order chi connectivity index (χ0) is 18.8. The Morgan fingerprint density at radius 1 is 0.960 bits per heavy atom. The number of anilines is 3. The van der Waals surface area contributed by atoms with Crippen LogP contribution >= 0.6 is 0 Å². The Morgan fingerprint density at radius 2 is 1.64 bits per heavy atom. The maximum Gasteiger partial charge on any atom is 0.433 e. The van der Waals surface area contributed by atoms with E-state index in [1.807, 2.05) is 0 Å². The van der Waals surface area contributed by atoms with Gasteiger partial charge in [0.15, 0.2) is 5.69 Å². The molecule has 2 aromatic rings. The average Bonchev–Trinajstić information content (AvgIpc) is 2.47. The third-order valence-electron chi connectivity index (χ3n) is 3.18. The minimum Gasteiger partial charge on any atom is -0.354 e. The normalized spacial score (nSPS) is 12.2. The molecule has 0 radical (unpaired) electrons. The minimum absolute atomic E-state index is 0.00379. The molecule has 1 aromatic heterocycles. The van der Waals surface area contributed by atoms with Crippen molar-refractivity contribution >= 4 is 17.5 Å². The second kappa shape index (κ2) is 6.77. The molecule has 0 saturated heterocycles. The summed E-state index contributed by atoms with van der Waals surface area (Å²) in [4.78, 5) is 7.20. The molecule has 4 nitrogen and oxygen atoms in total. The molecule has 0 aliphatic heterocycles. The van der Waals surface area contributed by atoms with Gasteiger partial charge in [0.25, 0.3) is 0 Å². The maximum absolute atomic E-state index is 12.9. The monoisotopic (exact) mass is 364 g/mol. The van der Waals surface area contributed by atoms with Crippen LogP contribution in [0.15, 0.2) is 24.3 Å². The van der Waals surface area contributed by atoms with Crippen molar-refractivity contribution in [3.8, 4) is 0 Å². The number of benzene rings is 1. The molecule has 0 spiro atoms. The molecule has 136 valence electrons. The molecular weight excluding hydrogens is 350 g/mol. The van der Waals surface area contributed by atoms with Crippen LogP contribution in [0.1, 0.15) is 23.7 Å². The predicted octanol–water partition coefficient (Wildman–Crippen LogP) is 5.00. The van der Waals surface area contributed by atoms with Gasteiger partial charge in [-0.1, -0.05) is 6.07 Å². The Bertz CT molecular complexity index is 755. The van der Waals surface area contributed by atoms with Gasteiger partial charge in [-0.2, -0.15) is 31.3 Å². The van der Waals surface area contributed by atoms with Gasteiger partial charge in [-0.25, -0.2) is 4.98 Å². The van der Waals surface area contributed by atoms with E-state index >= 15 is 0 Å². The number of aromatic nitrogens is 2. The van der Waals surface area contributed by atoms with E-state index in [2.05, 4.69) is 20.6 Å². The van der Waals surface area contributed by atoms with Crippen molar-refractivity contribution in [3.05, 3.63) is 41.1 Å². The fourth-order valence-corrected chi connectivity index (χ4v) is 1.96. The lowest BCUT2D eigenvalue weighted by Gasteiger charge is -2.15. The Balaban J connectivity index is 2.44. The van der Waals surface area contributed by atoms with Gasteiger partial charge in [-0.3, -0.25) is 0 Å². The molecule has 0 aliphatic rings. The van der Waals surface area contributed by atoms with Gasteiger partial charge in [0.2, 0.25) is 5.95 Å². The predicted molar refractivity (Wildman–Crippen MR) is 80.7 cm³/mol. The second-order valence-electron chi connectivity index (χ2n) is 5.14. The summed E-state index contributed by atoms with van der Waals surface area (Å²) in [6.07, 6.45) is -9.28. The summed E-state index contributed by atoms with van der Waals surface area (Å²) in [5.74, 6) is -0.537. The maximum atomic E-state index is 12.9. The van der Waals surface area contributed by atoms with Crippen molar-refractivity contribution < 1.29 is 26.3 Å². The highest BCUT2D eigenvalue weighted by atomic mass is 19.4. The van der Waals surface area contributed by atoms with Crippen LogP contribution in [0.25, 0.3) is 0 Å². The van der Waals surface area contributed by atoms with Gasteiger partial charge in [0.05, 0.1) is 5.56 Å². The second-order valence-corrected chi connectivity index (χ2v) is 5.14. The molecule has 0 fully saturated rings. The fourth-order valence-electron chi connectivity index (χ4n) is 1.96. The van der Waals surface area contributed by atoms with E-state index in [0.29, 0.717) is 11.6 Å². The molecule has 0 amide bonds. The number of hydrogen-bond donors (Lipinski definition) is 2. The van der Waals surface area contributed by atoms with Crippen LogP contribution in [-0.2, 0) is 12.4 Å². The lowest BCUT2D eigenvalue weighted by molar-refractivity contribution is -0.141. The highest BCUT2D eigenvalue weighted by Crippen LogP contribution is 2.34. The number of alkyl halides is 6. The van der Waals surface area contributed by atoms with Crippen LogP contribution in [-0.4, -0.2) is 16.5 Å². The third kappa shape index (κ3) is 4.74. The van der Waals surface area contributed by atoms with E-state index in [0.717, 1.165) is 12.1 Å². The standard InChI is InChI=1S/C15H14F6N4/c1-3-22-13-24-11(15(19,20)21)7-12(25-13)23-10-6-9(14(16,17)18)5-4-8(10)2/h4-7H,3H2,1-2H3,(H2,22,23,24,25). The Hall–Kier alpha value is -2.52. The summed E-state index contributed by atoms with van der Waals surface area (Å²) in [6.45, 7) is 3.45. The van der Waals surface area contributed by atoms with Gasteiger partial charge in [-0.15, -0.1) is 0 Å². The van der Waals surface area contributed by atoms with Crippen molar-refractivity contribution in [3.63, 3.8) is 0 Å². The molecule has 0 atom stereocenters. The first-order valence-corrected chi connectivity index (χ1v) is 7.15. The topological polar surface area (TPSA) is 49.8 Å². The highest BCUT2D eigenvalue weighted by Gasteiger charge is 2.34. The number of nitrogens with zero attached hydrogens (tertiary/aromatic N) is 2. The van der Waals surface area contributed by atoms with Gasteiger partial charge >= 0.3 is 12.4 Å². The van der Waals surface area contributed by atoms with E-state index < -0.39 is 23.6 Å². The Kier molecular flexibility index (Phi) is 5.09. The molecule has 1 heterocycles.